The van der Waals surface area contributed by atoms with Crippen molar-refractivity contribution in [2.45, 2.75) is 19.4 Å². The molecule has 0 aliphatic heterocycles. The van der Waals surface area contributed by atoms with Crippen LogP contribution in [0.1, 0.15) is 13.3 Å². The van der Waals surface area contributed by atoms with Gasteiger partial charge in [-0.15, -0.1) is 0 Å². The van der Waals surface area contributed by atoms with Crippen LogP contribution in [0.5, 0.6) is 0 Å². The van der Waals surface area contributed by atoms with Crippen LogP contribution in [-0.2, 0) is 0 Å². The van der Waals surface area contributed by atoms with Crippen molar-refractivity contribution in [2.24, 2.45) is 0 Å². The van der Waals surface area contributed by atoms with E-state index in [9.17, 15) is 0 Å². The van der Waals surface area contributed by atoms with E-state index in [0.29, 0.717) is 0 Å². The molecule has 0 aliphatic rings. The van der Waals surface area contributed by atoms with E-state index in [4.69, 9.17) is 10.4 Å². The maximum absolute atomic E-state index is 8.68. The standard InChI is InChI=1S/C8H11NO/c1-2-3-4-5-6-8(10)7-9/h3-6,8,10H,2H2,1H3/b4-3+,6-5+. The molecule has 0 aromatic carbocycles. The van der Waals surface area contributed by atoms with Gasteiger partial charge in [0.05, 0.1) is 6.07 Å². The van der Waals surface area contributed by atoms with Crippen molar-refractivity contribution < 1.29 is 5.11 Å². The van der Waals surface area contributed by atoms with Crippen molar-refractivity contribution in [3.63, 3.8) is 0 Å². The predicted molar refractivity (Wildman–Crippen MR) is 40.2 cm³/mol. The fourth-order valence-electron chi connectivity index (χ4n) is 0.427. The van der Waals surface area contributed by atoms with Gasteiger partial charge in [-0.2, -0.15) is 5.26 Å². The lowest BCUT2D eigenvalue weighted by atomic mass is 10.3. The minimum absolute atomic E-state index is 0.965. The Bertz CT molecular complexity index is 165. The van der Waals surface area contributed by atoms with Crippen molar-refractivity contribution in [3.05, 3.63) is 24.3 Å². The van der Waals surface area contributed by atoms with Crippen molar-refractivity contribution in [2.75, 3.05) is 0 Å². The van der Waals surface area contributed by atoms with Crippen LogP contribution in [0.3, 0.4) is 0 Å². The quantitative estimate of drug-likeness (QED) is 0.472. The maximum atomic E-state index is 8.68. The third-order valence-electron chi connectivity index (χ3n) is 0.909. The van der Waals surface area contributed by atoms with Gasteiger partial charge < -0.3 is 5.11 Å². The van der Waals surface area contributed by atoms with Gasteiger partial charge in [0.25, 0.3) is 0 Å². The van der Waals surface area contributed by atoms with E-state index in [1.54, 1.807) is 18.2 Å². The Balaban J connectivity index is 3.57. The summed E-state index contributed by atoms with van der Waals surface area (Å²) in [6, 6.07) is 1.68. The minimum Gasteiger partial charge on any atom is -0.374 e. The summed E-state index contributed by atoms with van der Waals surface area (Å²) in [7, 11) is 0. The van der Waals surface area contributed by atoms with Crippen LogP contribution in [0.15, 0.2) is 24.3 Å². The summed E-state index contributed by atoms with van der Waals surface area (Å²) in [5.74, 6) is 0. The van der Waals surface area contributed by atoms with Gasteiger partial charge in [0, 0.05) is 0 Å². The second kappa shape index (κ2) is 6.06. The molecule has 0 bridgehead atoms. The fourth-order valence-corrected chi connectivity index (χ4v) is 0.427. The van der Waals surface area contributed by atoms with E-state index >= 15 is 0 Å². The number of aliphatic hydroxyl groups excluding tert-OH is 1. The molecule has 0 radical (unpaired) electrons. The molecule has 0 aromatic heterocycles. The molecule has 0 amide bonds. The highest BCUT2D eigenvalue weighted by molar-refractivity contribution is 5.09. The molecular weight excluding hydrogens is 126 g/mol. The molecule has 1 atom stereocenters. The van der Waals surface area contributed by atoms with E-state index < -0.39 is 6.10 Å². The monoisotopic (exact) mass is 137 g/mol. The summed E-state index contributed by atoms with van der Waals surface area (Å²) in [6.45, 7) is 2.02. The zero-order valence-electron chi connectivity index (χ0n) is 5.99. The van der Waals surface area contributed by atoms with E-state index in [-0.39, 0.29) is 0 Å². The normalized spacial score (nSPS) is 14.1. The largest absolute Gasteiger partial charge is 0.374 e. The fraction of sp³-hybridized carbons (Fsp3) is 0.375. The number of allylic oxidation sites excluding steroid dienone is 3. The molecule has 2 nitrogen and oxygen atoms in total. The average Bonchev–Trinajstić information content (AvgIpc) is 1.98. The molecule has 0 spiro atoms. The van der Waals surface area contributed by atoms with Gasteiger partial charge >= 0.3 is 0 Å². The third kappa shape index (κ3) is 5.07. The molecule has 10 heavy (non-hydrogen) atoms. The molecule has 0 heterocycles. The van der Waals surface area contributed by atoms with Crippen molar-refractivity contribution in [3.8, 4) is 6.07 Å². The number of hydrogen-bond donors (Lipinski definition) is 1. The summed E-state index contributed by atoms with van der Waals surface area (Å²) in [5.41, 5.74) is 0. The topological polar surface area (TPSA) is 44.0 Å². The summed E-state index contributed by atoms with van der Waals surface area (Å²) in [5, 5.41) is 16.8. The molecule has 0 aliphatic carbocycles. The Kier molecular flexibility index (Phi) is 5.41. The Labute approximate surface area is 61.1 Å². The highest BCUT2D eigenvalue weighted by Crippen LogP contribution is 1.85. The molecule has 0 rings (SSSR count). The number of nitrogens with zero attached hydrogens (tertiary/aromatic N) is 1. The lowest BCUT2D eigenvalue weighted by molar-refractivity contribution is 0.278. The Morgan fingerprint density at radius 2 is 2.30 bits per heavy atom. The third-order valence-corrected chi connectivity index (χ3v) is 0.909. The highest BCUT2D eigenvalue weighted by Gasteiger charge is 1.88. The molecule has 0 saturated carbocycles. The van der Waals surface area contributed by atoms with Crippen LogP contribution < -0.4 is 0 Å². The Morgan fingerprint density at radius 3 is 2.80 bits per heavy atom. The van der Waals surface area contributed by atoms with Crippen molar-refractivity contribution in [1.82, 2.24) is 0 Å². The molecule has 0 saturated heterocycles. The van der Waals surface area contributed by atoms with Crippen LogP contribution >= 0.6 is 0 Å². The van der Waals surface area contributed by atoms with Gasteiger partial charge in [-0.3, -0.25) is 0 Å². The maximum Gasteiger partial charge on any atom is 0.159 e. The first-order valence-corrected chi connectivity index (χ1v) is 3.22. The van der Waals surface area contributed by atoms with Crippen molar-refractivity contribution >= 4 is 0 Å². The molecule has 1 N–H and O–H groups in total. The van der Waals surface area contributed by atoms with Crippen LogP contribution in [0.25, 0.3) is 0 Å². The summed E-state index contributed by atoms with van der Waals surface area (Å²) < 4.78 is 0. The number of rotatable bonds is 3. The molecule has 1 unspecified atom stereocenters. The lowest BCUT2D eigenvalue weighted by Gasteiger charge is -1.85. The summed E-state index contributed by atoms with van der Waals surface area (Å²) >= 11 is 0. The Hall–Kier alpha value is -1.07. The van der Waals surface area contributed by atoms with E-state index in [2.05, 4.69) is 0 Å². The molecule has 54 valence electrons. The number of nitriles is 1. The van der Waals surface area contributed by atoms with Crippen molar-refractivity contribution in [1.29, 1.82) is 5.26 Å². The van der Waals surface area contributed by atoms with Crippen LogP contribution in [0, 0.1) is 11.3 Å². The van der Waals surface area contributed by atoms with Gasteiger partial charge in [0.2, 0.25) is 0 Å². The van der Waals surface area contributed by atoms with Gasteiger partial charge in [0.15, 0.2) is 6.10 Å². The summed E-state index contributed by atoms with van der Waals surface area (Å²) in [6.07, 6.45) is 6.85. The van der Waals surface area contributed by atoms with Gasteiger partial charge in [-0.05, 0) is 12.5 Å². The second-order valence-electron chi connectivity index (χ2n) is 1.80. The molecule has 0 fully saturated rings. The average molecular weight is 137 g/mol. The van der Waals surface area contributed by atoms with E-state index in [0.717, 1.165) is 6.42 Å². The zero-order chi connectivity index (χ0) is 7.82. The van der Waals surface area contributed by atoms with Crippen LogP contribution in [0.2, 0.25) is 0 Å². The van der Waals surface area contributed by atoms with Crippen LogP contribution in [0.4, 0.5) is 0 Å². The predicted octanol–water partition coefficient (Wildman–Crippen LogP) is 1.39. The molecule has 2 heteroatoms. The number of aliphatic hydroxyl groups is 1. The van der Waals surface area contributed by atoms with Gasteiger partial charge in [-0.1, -0.05) is 25.2 Å². The van der Waals surface area contributed by atoms with E-state index in [1.807, 2.05) is 13.0 Å². The second-order valence-corrected chi connectivity index (χ2v) is 1.80. The first-order valence-electron chi connectivity index (χ1n) is 3.22. The summed E-state index contributed by atoms with van der Waals surface area (Å²) in [4.78, 5) is 0. The molecular formula is C8H11NO. The number of hydrogen-bond acceptors (Lipinski definition) is 2. The smallest absolute Gasteiger partial charge is 0.159 e. The SMILES string of the molecule is CC/C=C/C=C/C(O)C#N. The first-order chi connectivity index (χ1) is 4.81. The minimum atomic E-state index is -0.971. The zero-order valence-corrected chi connectivity index (χ0v) is 5.99. The molecule has 0 aromatic rings. The van der Waals surface area contributed by atoms with Crippen LogP contribution in [-0.4, -0.2) is 11.2 Å². The lowest BCUT2D eigenvalue weighted by Crippen LogP contribution is -1.94. The highest BCUT2D eigenvalue weighted by atomic mass is 16.3. The van der Waals surface area contributed by atoms with Gasteiger partial charge in [-0.25, -0.2) is 0 Å². The van der Waals surface area contributed by atoms with Gasteiger partial charge in [0.1, 0.15) is 0 Å². The van der Waals surface area contributed by atoms with E-state index in [1.165, 1.54) is 6.08 Å². The first kappa shape index (κ1) is 8.93. The Morgan fingerprint density at radius 1 is 1.60 bits per heavy atom.